The van der Waals surface area contributed by atoms with Crippen molar-refractivity contribution in [3.63, 3.8) is 0 Å². The first kappa shape index (κ1) is 23.1. The van der Waals surface area contributed by atoms with E-state index in [1.807, 2.05) is 0 Å². The molecule has 0 atom stereocenters. The number of amides is 1. The van der Waals surface area contributed by atoms with Crippen LogP contribution < -0.4 is 5.32 Å². The fourth-order valence-corrected chi connectivity index (χ4v) is 3.90. The normalized spacial score (nSPS) is 10.9. The number of carbonyl (C=O) groups is 3. The lowest BCUT2D eigenvalue weighted by atomic mass is 10.1. The molecule has 0 aliphatic carbocycles. The molecule has 172 valence electrons. The Kier molecular flexibility index (Phi) is 6.12. The summed E-state index contributed by atoms with van der Waals surface area (Å²) in [5, 5.41) is 16.2. The van der Waals surface area contributed by atoms with Crippen LogP contribution in [-0.2, 0) is 11.2 Å². The molecule has 0 unspecified atom stereocenters. The summed E-state index contributed by atoms with van der Waals surface area (Å²) in [7, 11) is 1.50. The number of nitrogens with one attached hydrogen (secondary N) is 1. The molecule has 10 heteroatoms. The summed E-state index contributed by atoms with van der Waals surface area (Å²) in [6, 6.07) is 9.99. The third-order valence-electron chi connectivity index (χ3n) is 5.32. The second-order valence-electron chi connectivity index (χ2n) is 7.56. The molecular weight excluding hydrogens is 463 g/mol. The summed E-state index contributed by atoms with van der Waals surface area (Å²) in [5.74, 6) is -2.91. The van der Waals surface area contributed by atoms with Gasteiger partial charge in [0, 0.05) is 18.8 Å². The summed E-state index contributed by atoms with van der Waals surface area (Å²) in [4.78, 5) is 40.9. The van der Waals surface area contributed by atoms with Gasteiger partial charge in [-0.1, -0.05) is 23.7 Å². The van der Waals surface area contributed by atoms with E-state index in [-0.39, 0.29) is 50.8 Å². The maximum Gasteiger partial charge on any atom is 0.335 e. The number of carbonyl (C=O) groups excluding carboxylic acids is 2. The zero-order chi connectivity index (χ0) is 24.6. The van der Waals surface area contributed by atoms with Crippen LogP contribution in [0.1, 0.15) is 31.8 Å². The smallest absolute Gasteiger partial charge is 0.335 e. The van der Waals surface area contributed by atoms with Crippen LogP contribution >= 0.6 is 11.6 Å². The summed E-state index contributed by atoms with van der Waals surface area (Å²) >= 11 is 6.29. The monoisotopic (exact) mass is 480 g/mol. The van der Waals surface area contributed by atoms with Crippen LogP contribution in [0.15, 0.2) is 48.7 Å². The van der Waals surface area contributed by atoms with Crippen molar-refractivity contribution in [1.82, 2.24) is 20.1 Å². The number of likely N-dealkylation sites (N-methyl/N-ethyl adjacent to an activating group) is 1. The Bertz CT molecular complexity index is 1460. The minimum atomic E-state index is -1.28. The van der Waals surface area contributed by atoms with Crippen LogP contribution in [0.25, 0.3) is 22.3 Å². The number of pyridine rings is 1. The molecule has 8 nitrogen and oxygen atoms in total. The number of carboxylic acids is 1. The molecule has 0 radical (unpaired) electrons. The van der Waals surface area contributed by atoms with E-state index in [1.54, 1.807) is 31.2 Å². The summed E-state index contributed by atoms with van der Waals surface area (Å²) in [5.41, 5.74) is 1.62. The largest absolute Gasteiger partial charge is 0.478 e. The molecule has 0 aliphatic rings. The van der Waals surface area contributed by atoms with Crippen LogP contribution in [0.5, 0.6) is 0 Å². The highest BCUT2D eigenvalue weighted by molar-refractivity contribution is 6.34. The minimum absolute atomic E-state index is 0.0148. The molecular formula is C24H18ClFN4O4. The second-order valence-corrected chi connectivity index (χ2v) is 7.97. The Hall–Kier alpha value is -4.11. The van der Waals surface area contributed by atoms with Crippen LogP contribution in [0.2, 0.25) is 5.02 Å². The summed E-state index contributed by atoms with van der Waals surface area (Å²) in [6.07, 6.45) is 1.46. The van der Waals surface area contributed by atoms with E-state index in [0.29, 0.717) is 11.1 Å². The molecule has 1 amide bonds. The molecule has 0 spiro atoms. The Morgan fingerprint density at radius 1 is 1.18 bits per heavy atom. The zero-order valence-corrected chi connectivity index (χ0v) is 18.9. The van der Waals surface area contributed by atoms with Gasteiger partial charge in [0.25, 0.3) is 5.91 Å². The number of rotatable bonds is 5. The van der Waals surface area contributed by atoms with Gasteiger partial charge in [-0.25, -0.2) is 9.18 Å². The highest BCUT2D eigenvalue weighted by atomic mass is 35.5. The number of aryl methyl sites for hydroxylation is 1. The van der Waals surface area contributed by atoms with Crippen molar-refractivity contribution < 1.29 is 23.9 Å². The van der Waals surface area contributed by atoms with Gasteiger partial charge in [-0.05, 0) is 48.4 Å². The van der Waals surface area contributed by atoms with E-state index < -0.39 is 17.7 Å². The molecule has 4 aromatic rings. The van der Waals surface area contributed by atoms with Crippen LogP contribution in [-0.4, -0.2) is 44.7 Å². The van der Waals surface area contributed by atoms with Gasteiger partial charge in [0.15, 0.2) is 0 Å². The fraction of sp³-hybridized carbons (Fsp3) is 0.125. The number of hydrogen-bond acceptors (Lipinski definition) is 5. The number of hydrogen-bond donors (Lipinski definition) is 2. The number of fused-ring (bicyclic) bond motifs is 1. The lowest BCUT2D eigenvalue weighted by molar-refractivity contribution is -0.119. The van der Waals surface area contributed by atoms with E-state index >= 15 is 0 Å². The maximum atomic E-state index is 14.9. The average Bonchev–Trinajstić information content (AvgIpc) is 3.17. The van der Waals surface area contributed by atoms with Crippen LogP contribution in [0.4, 0.5) is 4.39 Å². The van der Waals surface area contributed by atoms with Crippen LogP contribution in [0.3, 0.4) is 0 Å². The number of nitrogens with zero attached hydrogens (tertiary/aromatic N) is 3. The Balaban J connectivity index is 1.96. The van der Waals surface area contributed by atoms with Crippen molar-refractivity contribution in [3.8, 4) is 11.3 Å². The van der Waals surface area contributed by atoms with Crippen molar-refractivity contribution in [3.05, 3.63) is 81.8 Å². The van der Waals surface area contributed by atoms with Crippen molar-refractivity contribution in [1.29, 1.82) is 0 Å². The van der Waals surface area contributed by atoms with E-state index in [9.17, 15) is 18.8 Å². The molecule has 4 rings (SSSR count). The van der Waals surface area contributed by atoms with Gasteiger partial charge >= 0.3 is 5.97 Å². The number of carboxylic acid groups (broad SMARTS) is 1. The fourth-order valence-electron chi connectivity index (χ4n) is 3.60. The molecule has 0 fully saturated rings. The topological polar surface area (TPSA) is 114 Å². The average molecular weight is 481 g/mol. The quantitative estimate of drug-likeness (QED) is 0.448. The number of aromatic nitrogens is 3. The van der Waals surface area contributed by atoms with E-state index in [1.165, 1.54) is 25.4 Å². The molecule has 2 aromatic heterocycles. The lowest BCUT2D eigenvalue weighted by Crippen LogP contribution is -2.20. The van der Waals surface area contributed by atoms with Gasteiger partial charge in [0.1, 0.15) is 17.0 Å². The van der Waals surface area contributed by atoms with Crippen molar-refractivity contribution in [2.75, 3.05) is 7.05 Å². The van der Waals surface area contributed by atoms with Crippen molar-refractivity contribution >= 4 is 40.4 Å². The first-order chi connectivity index (χ1) is 16.2. The predicted octanol–water partition coefficient (Wildman–Crippen LogP) is 3.87. The van der Waals surface area contributed by atoms with Crippen LogP contribution in [0, 0.1) is 12.7 Å². The van der Waals surface area contributed by atoms with Gasteiger partial charge in [-0.2, -0.15) is 9.78 Å². The molecule has 0 aliphatic heterocycles. The summed E-state index contributed by atoms with van der Waals surface area (Å²) < 4.78 is 16.0. The lowest BCUT2D eigenvalue weighted by Gasteiger charge is -2.08. The molecule has 2 heterocycles. The minimum Gasteiger partial charge on any atom is -0.478 e. The number of halogens is 2. The standard InChI is InChI=1S/C24H18ClFN4O4/c1-12-4-3-5-16(25)20(12)23(32)30-18-8-13(9-19(31)27-2)11-28-22(18)21(29-30)15-7-6-14(24(33)34)10-17(15)26/h3-8,10-11H,9H2,1-2H3,(H,27,31)(H,33,34). The number of aromatic carboxylic acids is 1. The van der Waals surface area contributed by atoms with Gasteiger partial charge in [-0.15, -0.1) is 0 Å². The molecule has 0 bridgehead atoms. The third-order valence-corrected chi connectivity index (χ3v) is 5.63. The summed E-state index contributed by atoms with van der Waals surface area (Å²) in [6.45, 7) is 1.73. The molecule has 0 saturated heterocycles. The van der Waals surface area contributed by atoms with E-state index in [0.717, 1.165) is 10.7 Å². The Morgan fingerprint density at radius 3 is 2.59 bits per heavy atom. The van der Waals surface area contributed by atoms with E-state index in [2.05, 4.69) is 15.4 Å². The maximum absolute atomic E-state index is 14.9. The van der Waals surface area contributed by atoms with E-state index in [4.69, 9.17) is 16.7 Å². The van der Waals surface area contributed by atoms with Gasteiger partial charge in [0.05, 0.1) is 28.1 Å². The molecule has 0 saturated carbocycles. The van der Waals surface area contributed by atoms with Gasteiger partial charge < -0.3 is 10.4 Å². The molecule has 2 aromatic carbocycles. The third kappa shape index (κ3) is 4.13. The highest BCUT2D eigenvalue weighted by Crippen LogP contribution is 2.31. The van der Waals surface area contributed by atoms with Gasteiger partial charge in [0.2, 0.25) is 5.91 Å². The molecule has 34 heavy (non-hydrogen) atoms. The van der Waals surface area contributed by atoms with Crippen molar-refractivity contribution in [2.45, 2.75) is 13.3 Å². The second kappa shape index (κ2) is 9.03. The zero-order valence-electron chi connectivity index (χ0n) is 18.1. The van der Waals surface area contributed by atoms with Gasteiger partial charge in [-0.3, -0.25) is 14.6 Å². The predicted molar refractivity (Wildman–Crippen MR) is 124 cm³/mol. The Morgan fingerprint density at radius 2 is 1.94 bits per heavy atom. The highest BCUT2D eigenvalue weighted by Gasteiger charge is 2.24. The first-order valence-electron chi connectivity index (χ1n) is 10.1. The first-order valence-corrected chi connectivity index (χ1v) is 10.5. The SMILES string of the molecule is CNC(=O)Cc1cnc2c(-c3ccc(C(=O)O)cc3F)nn(C(=O)c3c(C)cccc3Cl)c2c1. The molecule has 2 N–H and O–H groups in total. The Labute approximate surface area is 198 Å². The van der Waals surface area contributed by atoms with Crippen molar-refractivity contribution in [2.24, 2.45) is 0 Å². The number of benzene rings is 2.